The van der Waals surface area contributed by atoms with E-state index >= 15 is 0 Å². The van der Waals surface area contributed by atoms with Crippen molar-refractivity contribution in [3.05, 3.63) is 0 Å². The van der Waals surface area contributed by atoms with E-state index in [0.29, 0.717) is 32.0 Å². The topological polar surface area (TPSA) is 81.7 Å². The summed E-state index contributed by atoms with van der Waals surface area (Å²) >= 11 is 0. The van der Waals surface area contributed by atoms with E-state index in [1.807, 2.05) is 4.90 Å². The van der Waals surface area contributed by atoms with Crippen LogP contribution in [0.1, 0.15) is 26.2 Å². The highest BCUT2D eigenvalue weighted by Crippen LogP contribution is 2.23. The van der Waals surface area contributed by atoms with E-state index in [0.717, 1.165) is 25.9 Å². The van der Waals surface area contributed by atoms with Gasteiger partial charge in [0.05, 0.1) is 5.92 Å². The molecule has 0 aromatic heterocycles. The normalized spacial score (nSPS) is 26.9. The fourth-order valence-electron chi connectivity index (χ4n) is 3.17. The molecular formula is C15H27N3O3. The second-order valence-electron chi connectivity index (χ2n) is 6.21. The van der Waals surface area contributed by atoms with Gasteiger partial charge in [-0.05, 0) is 31.7 Å². The fourth-order valence-corrected chi connectivity index (χ4v) is 3.17. The first kappa shape index (κ1) is 16.2. The van der Waals surface area contributed by atoms with Gasteiger partial charge < -0.3 is 20.6 Å². The average Bonchev–Trinajstić information content (AvgIpc) is 2.93. The summed E-state index contributed by atoms with van der Waals surface area (Å²) in [5, 5.41) is 14.8. The lowest BCUT2D eigenvalue weighted by Gasteiger charge is -2.33. The lowest BCUT2D eigenvalue weighted by atomic mass is 9.92. The number of amides is 2. The monoisotopic (exact) mass is 297 g/mol. The van der Waals surface area contributed by atoms with Crippen molar-refractivity contribution in [1.82, 2.24) is 15.5 Å². The summed E-state index contributed by atoms with van der Waals surface area (Å²) in [6.45, 7) is 5.80. The first-order valence-electron chi connectivity index (χ1n) is 8.01. The molecule has 0 spiro atoms. The van der Waals surface area contributed by atoms with E-state index in [-0.39, 0.29) is 30.3 Å². The van der Waals surface area contributed by atoms with E-state index in [2.05, 4.69) is 17.6 Å². The molecule has 0 saturated carbocycles. The fraction of sp³-hybridized carbons (Fsp3) is 0.867. The molecule has 2 unspecified atom stereocenters. The van der Waals surface area contributed by atoms with Crippen LogP contribution >= 0.6 is 0 Å². The molecule has 0 bridgehead atoms. The lowest BCUT2D eigenvalue weighted by molar-refractivity contribution is -0.139. The maximum Gasteiger partial charge on any atom is 0.227 e. The summed E-state index contributed by atoms with van der Waals surface area (Å²) in [5.41, 5.74) is 0. The number of aliphatic hydroxyl groups excluding tert-OH is 1. The van der Waals surface area contributed by atoms with Gasteiger partial charge in [-0.2, -0.15) is 0 Å². The lowest BCUT2D eigenvalue weighted by Crippen LogP contribution is -2.46. The van der Waals surface area contributed by atoms with E-state index in [9.17, 15) is 9.59 Å². The van der Waals surface area contributed by atoms with Crippen molar-refractivity contribution in [1.29, 1.82) is 0 Å². The van der Waals surface area contributed by atoms with Crippen LogP contribution in [0.25, 0.3) is 0 Å². The molecule has 2 aliphatic heterocycles. The van der Waals surface area contributed by atoms with Crippen LogP contribution in [0, 0.1) is 17.8 Å². The molecule has 2 saturated heterocycles. The number of nitrogens with one attached hydrogen (secondary N) is 2. The van der Waals surface area contributed by atoms with Crippen LogP contribution < -0.4 is 10.6 Å². The minimum atomic E-state index is 0.00636. The van der Waals surface area contributed by atoms with Crippen molar-refractivity contribution in [2.24, 2.45) is 17.8 Å². The van der Waals surface area contributed by atoms with Gasteiger partial charge in [0, 0.05) is 38.7 Å². The van der Waals surface area contributed by atoms with E-state index in [1.165, 1.54) is 0 Å². The minimum absolute atomic E-state index is 0.00636. The van der Waals surface area contributed by atoms with Gasteiger partial charge in [0.25, 0.3) is 0 Å². The zero-order valence-corrected chi connectivity index (χ0v) is 12.8. The van der Waals surface area contributed by atoms with Gasteiger partial charge in [0.2, 0.25) is 11.8 Å². The number of carbonyl (C=O) groups excluding carboxylic acids is 2. The molecular weight excluding hydrogens is 270 g/mol. The van der Waals surface area contributed by atoms with Crippen LogP contribution in [0.3, 0.4) is 0 Å². The van der Waals surface area contributed by atoms with Crippen LogP contribution in [-0.2, 0) is 9.59 Å². The molecule has 0 aliphatic carbocycles. The van der Waals surface area contributed by atoms with Crippen molar-refractivity contribution >= 4 is 11.8 Å². The number of piperidine rings is 1. The third kappa shape index (κ3) is 4.17. The standard InChI is InChI=1S/C15H27N3O3/c1-11-9-16-10-13(11)15(21)18-6-3-12(4-7-18)14(20)17-5-2-8-19/h11-13,16,19H,2-10H2,1H3,(H,17,20). The van der Waals surface area contributed by atoms with Gasteiger partial charge in [-0.3, -0.25) is 9.59 Å². The molecule has 2 atom stereocenters. The summed E-state index contributed by atoms with van der Waals surface area (Å²) in [4.78, 5) is 26.3. The number of likely N-dealkylation sites (tertiary alicyclic amines) is 1. The van der Waals surface area contributed by atoms with Crippen molar-refractivity contribution < 1.29 is 14.7 Å². The number of aliphatic hydroxyl groups is 1. The average molecular weight is 297 g/mol. The number of nitrogens with zero attached hydrogens (tertiary/aromatic N) is 1. The SMILES string of the molecule is CC1CNCC1C(=O)N1CCC(C(=O)NCCCO)CC1. The van der Waals surface area contributed by atoms with Crippen LogP contribution in [-0.4, -0.2) is 61.2 Å². The first-order chi connectivity index (χ1) is 10.1. The Bertz CT molecular complexity index is 367. The summed E-state index contributed by atoms with van der Waals surface area (Å²) in [5.74, 6) is 0.807. The van der Waals surface area contributed by atoms with Gasteiger partial charge in [-0.1, -0.05) is 6.92 Å². The molecule has 6 nitrogen and oxygen atoms in total. The smallest absolute Gasteiger partial charge is 0.227 e. The van der Waals surface area contributed by atoms with Crippen LogP contribution in [0.5, 0.6) is 0 Å². The third-order valence-corrected chi connectivity index (χ3v) is 4.65. The molecule has 2 rings (SSSR count). The Morgan fingerprint density at radius 3 is 2.57 bits per heavy atom. The Labute approximate surface area is 126 Å². The number of hydrogen-bond donors (Lipinski definition) is 3. The molecule has 2 aliphatic rings. The molecule has 0 radical (unpaired) electrons. The molecule has 120 valence electrons. The van der Waals surface area contributed by atoms with E-state index < -0.39 is 0 Å². The number of hydrogen-bond acceptors (Lipinski definition) is 4. The summed E-state index contributed by atoms with van der Waals surface area (Å²) < 4.78 is 0. The molecule has 0 aromatic rings. The van der Waals surface area contributed by atoms with Gasteiger partial charge in [0.15, 0.2) is 0 Å². The Hall–Kier alpha value is -1.14. The van der Waals surface area contributed by atoms with Gasteiger partial charge in [0.1, 0.15) is 0 Å². The molecule has 0 aromatic carbocycles. The maximum absolute atomic E-state index is 12.5. The third-order valence-electron chi connectivity index (χ3n) is 4.65. The first-order valence-corrected chi connectivity index (χ1v) is 8.01. The van der Waals surface area contributed by atoms with Crippen LogP contribution in [0.4, 0.5) is 0 Å². The summed E-state index contributed by atoms with van der Waals surface area (Å²) in [6.07, 6.45) is 2.08. The Morgan fingerprint density at radius 2 is 2.00 bits per heavy atom. The zero-order chi connectivity index (χ0) is 15.2. The Balaban J connectivity index is 1.75. The molecule has 2 fully saturated rings. The van der Waals surface area contributed by atoms with Crippen molar-refractivity contribution in [3.8, 4) is 0 Å². The zero-order valence-electron chi connectivity index (χ0n) is 12.8. The Morgan fingerprint density at radius 1 is 1.29 bits per heavy atom. The second-order valence-corrected chi connectivity index (χ2v) is 6.21. The summed E-state index contributed by atoms with van der Waals surface area (Å²) in [7, 11) is 0. The molecule has 6 heteroatoms. The molecule has 2 heterocycles. The van der Waals surface area contributed by atoms with Crippen molar-refractivity contribution in [3.63, 3.8) is 0 Å². The van der Waals surface area contributed by atoms with Gasteiger partial charge >= 0.3 is 0 Å². The molecule has 3 N–H and O–H groups in total. The highest BCUT2D eigenvalue weighted by atomic mass is 16.3. The maximum atomic E-state index is 12.5. The van der Waals surface area contributed by atoms with Crippen LogP contribution in [0.2, 0.25) is 0 Å². The van der Waals surface area contributed by atoms with Crippen molar-refractivity contribution in [2.75, 3.05) is 39.3 Å². The Kier molecular flexibility index (Phi) is 5.99. The largest absolute Gasteiger partial charge is 0.396 e. The van der Waals surface area contributed by atoms with E-state index in [1.54, 1.807) is 0 Å². The summed E-state index contributed by atoms with van der Waals surface area (Å²) in [6, 6.07) is 0. The molecule has 21 heavy (non-hydrogen) atoms. The predicted molar refractivity (Wildman–Crippen MR) is 79.5 cm³/mol. The minimum Gasteiger partial charge on any atom is -0.396 e. The number of carbonyl (C=O) groups is 2. The second kappa shape index (κ2) is 7.75. The van der Waals surface area contributed by atoms with Gasteiger partial charge in [-0.15, -0.1) is 0 Å². The highest BCUT2D eigenvalue weighted by Gasteiger charge is 2.35. The molecule has 2 amide bonds. The highest BCUT2D eigenvalue weighted by molar-refractivity contribution is 5.81. The van der Waals surface area contributed by atoms with Crippen LogP contribution in [0.15, 0.2) is 0 Å². The number of rotatable bonds is 5. The quantitative estimate of drug-likeness (QED) is 0.602. The predicted octanol–water partition coefficient (Wildman–Crippen LogP) is -0.421. The van der Waals surface area contributed by atoms with Crippen molar-refractivity contribution in [2.45, 2.75) is 26.2 Å². The van der Waals surface area contributed by atoms with E-state index in [4.69, 9.17) is 5.11 Å². The van der Waals surface area contributed by atoms with Gasteiger partial charge in [-0.25, -0.2) is 0 Å².